The van der Waals surface area contributed by atoms with Gasteiger partial charge in [0, 0.05) is 15.8 Å². The van der Waals surface area contributed by atoms with Crippen molar-refractivity contribution in [1.82, 2.24) is 0 Å². The number of halogens is 2. The van der Waals surface area contributed by atoms with Gasteiger partial charge >= 0.3 is 0 Å². The molecule has 2 rings (SSSR count). The Morgan fingerprint density at radius 1 is 1.26 bits per heavy atom. The monoisotopic (exact) mass is 359 g/mol. The molecule has 0 saturated carbocycles. The molecule has 0 saturated heterocycles. The molecule has 0 radical (unpaired) electrons. The minimum Gasteiger partial charge on any atom is -0.326 e. The van der Waals surface area contributed by atoms with E-state index in [0.29, 0.717) is 0 Å². The lowest BCUT2D eigenvalue weighted by Crippen LogP contribution is -2.25. The minimum atomic E-state index is -0.209. The molecule has 0 aliphatic heterocycles. The second kappa shape index (κ2) is 6.88. The smallest absolute Gasteiger partial charge is 0.123 e. The zero-order valence-corrected chi connectivity index (χ0v) is 13.7. The highest BCUT2D eigenvalue weighted by molar-refractivity contribution is 9.11. The van der Waals surface area contributed by atoms with Crippen LogP contribution in [0.4, 0.5) is 4.39 Å². The molecule has 19 heavy (non-hydrogen) atoms. The van der Waals surface area contributed by atoms with Crippen molar-refractivity contribution < 1.29 is 4.39 Å². The van der Waals surface area contributed by atoms with Crippen LogP contribution in [-0.4, -0.2) is 6.04 Å². The Kier molecular flexibility index (Phi) is 5.45. The first-order valence-corrected chi connectivity index (χ1v) is 8.52. The lowest BCUT2D eigenvalue weighted by Gasteiger charge is -2.21. The zero-order valence-electron chi connectivity index (χ0n) is 10.5. The number of hydrogen-bond donors (Lipinski definition) is 1. The summed E-state index contributed by atoms with van der Waals surface area (Å²) in [5.74, 6) is -0.209. The van der Waals surface area contributed by atoms with Gasteiger partial charge in [-0.25, -0.2) is 4.39 Å². The first kappa shape index (κ1) is 15.0. The Morgan fingerprint density at radius 2 is 1.95 bits per heavy atom. The molecule has 2 unspecified atom stereocenters. The van der Waals surface area contributed by atoms with Crippen LogP contribution in [0, 0.1) is 5.82 Å². The second-order valence-electron chi connectivity index (χ2n) is 4.21. The third-order valence-electron chi connectivity index (χ3n) is 2.81. The zero-order chi connectivity index (χ0) is 13.8. The highest BCUT2D eigenvalue weighted by Crippen LogP contribution is 2.41. The van der Waals surface area contributed by atoms with Crippen LogP contribution in [0.3, 0.4) is 0 Å². The summed E-state index contributed by atoms with van der Waals surface area (Å²) in [5, 5.41) is 0.201. The van der Waals surface area contributed by atoms with Gasteiger partial charge in [0.25, 0.3) is 0 Å². The number of nitrogens with two attached hydrogens (primary N) is 1. The largest absolute Gasteiger partial charge is 0.326 e. The van der Waals surface area contributed by atoms with Crippen molar-refractivity contribution in [2.45, 2.75) is 29.5 Å². The van der Waals surface area contributed by atoms with Crippen LogP contribution < -0.4 is 5.73 Å². The van der Waals surface area contributed by atoms with E-state index in [1.165, 1.54) is 17.0 Å². The normalized spacial score (nSPS) is 14.3. The van der Waals surface area contributed by atoms with E-state index in [4.69, 9.17) is 5.73 Å². The van der Waals surface area contributed by atoms with Gasteiger partial charge < -0.3 is 5.73 Å². The van der Waals surface area contributed by atoms with E-state index in [0.717, 1.165) is 15.1 Å². The number of hydrogen-bond acceptors (Lipinski definition) is 3. The molecule has 2 atom stereocenters. The Balaban J connectivity index is 2.21. The van der Waals surface area contributed by atoms with Crippen LogP contribution in [0.5, 0.6) is 0 Å². The number of rotatable bonds is 5. The SMILES string of the molecule is CCC(N)C(Sc1ccc(F)cc1)c1ccc(Br)s1. The van der Waals surface area contributed by atoms with Crippen molar-refractivity contribution in [2.75, 3.05) is 0 Å². The predicted molar refractivity (Wildman–Crippen MR) is 85.3 cm³/mol. The Hall–Kier alpha value is -0.360. The molecule has 102 valence electrons. The summed E-state index contributed by atoms with van der Waals surface area (Å²) in [6.45, 7) is 2.09. The van der Waals surface area contributed by atoms with E-state index in [1.54, 1.807) is 35.2 Å². The summed E-state index contributed by atoms with van der Waals surface area (Å²) in [5.41, 5.74) is 6.23. The fourth-order valence-corrected chi connectivity index (χ4v) is 4.63. The third-order valence-corrected chi connectivity index (χ3v) is 6.07. The maximum atomic E-state index is 12.9. The molecule has 1 nitrogen and oxygen atoms in total. The first-order chi connectivity index (χ1) is 9.10. The van der Waals surface area contributed by atoms with Crippen LogP contribution in [0.15, 0.2) is 45.1 Å². The van der Waals surface area contributed by atoms with E-state index in [9.17, 15) is 4.39 Å². The highest BCUT2D eigenvalue weighted by Gasteiger charge is 2.21. The summed E-state index contributed by atoms with van der Waals surface area (Å²) in [6.07, 6.45) is 0.911. The van der Waals surface area contributed by atoms with E-state index >= 15 is 0 Å². The Morgan fingerprint density at radius 3 is 2.47 bits per heavy atom. The molecule has 0 spiro atoms. The third kappa shape index (κ3) is 4.05. The van der Waals surface area contributed by atoms with Gasteiger partial charge in [0.1, 0.15) is 5.82 Å². The van der Waals surface area contributed by atoms with Crippen molar-refractivity contribution in [3.8, 4) is 0 Å². The molecule has 1 heterocycles. The Labute approximate surface area is 129 Å². The first-order valence-electron chi connectivity index (χ1n) is 6.03. The Bertz CT molecular complexity index is 526. The van der Waals surface area contributed by atoms with Crippen LogP contribution in [0.2, 0.25) is 0 Å². The highest BCUT2D eigenvalue weighted by atomic mass is 79.9. The molecular weight excluding hydrogens is 345 g/mol. The molecule has 2 N–H and O–H groups in total. The van der Waals surface area contributed by atoms with E-state index in [2.05, 4.69) is 28.9 Å². The van der Waals surface area contributed by atoms with E-state index in [1.807, 2.05) is 6.07 Å². The van der Waals surface area contributed by atoms with Crippen LogP contribution in [-0.2, 0) is 0 Å². The van der Waals surface area contributed by atoms with Gasteiger partial charge in [0.15, 0.2) is 0 Å². The molecule has 1 aromatic heterocycles. The summed E-state index contributed by atoms with van der Waals surface area (Å²) in [4.78, 5) is 2.29. The number of benzene rings is 1. The molecular formula is C14H15BrFNS2. The summed E-state index contributed by atoms with van der Waals surface area (Å²) >= 11 is 6.88. The van der Waals surface area contributed by atoms with Crippen molar-refractivity contribution in [2.24, 2.45) is 5.73 Å². The fourth-order valence-electron chi connectivity index (χ4n) is 1.71. The lowest BCUT2D eigenvalue weighted by atomic mass is 10.1. The van der Waals surface area contributed by atoms with E-state index in [-0.39, 0.29) is 17.1 Å². The van der Waals surface area contributed by atoms with Gasteiger partial charge in [-0.3, -0.25) is 0 Å². The molecule has 0 aliphatic rings. The standard InChI is InChI=1S/C14H15BrFNS2/c1-2-11(17)14(12-7-8-13(15)19-12)18-10-5-3-9(16)4-6-10/h3-8,11,14H,2,17H2,1H3. The maximum Gasteiger partial charge on any atom is 0.123 e. The summed E-state index contributed by atoms with van der Waals surface area (Å²) in [7, 11) is 0. The second-order valence-corrected chi connectivity index (χ2v) is 7.92. The van der Waals surface area contributed by atoms with Crippen molar-refractivity contribution in [3.63, 3.8) is 0 Å². The quantitative estimate of drug-likeness (QED) is 0.740. The van der Waals surface area contributed by atoms with E-state index < -0.39 is 0 Å². The average Bonchev–Trinajstić information content (AvgIpc) is 2.83. The molecule has 0 bridgehead atoms. The topological polar surface area (TPSA) is 26.0 Å². The molecule has 5 heteroatoms. The maximum absolute atomic E-state index is 12.9. The summed E-state index contributed by atoms with van der Waals surface area (Å²) in [6, 6.07) is 10.8. The van der Waals surface area contributed by atoms with Gasteiger partial charge in [-0.2, -0.15) is 0 Å². The summed E-state index contributed by atoms with van der Waals surface area (Å²) < 4.78 is 14.0. The van der Waals surface area contributed by atoms with Crippen LogP contribution >= 0.6 is 39.0 Å². The van der Waals surface area contributed by atoms with Gasteiger partial charge in [-0.15, -0.1) is 23.1 Å². The predicted octanol–water partition coefficient (Wildman–Crippen LogP) is 5.22. The number of thiophene rings is 1. The van der Waals surface area contributed by atoms with Crippen LogP contribution in [0.25, 0.3) is 0 Å². The van der Waals surface area contributed by atoms with Gasteiger partial charge in [-0.1, -0.05) is 6.92 Å². The molecule has 0 fully saturated rings. The lowest BCUT2D eigenvalue weighted by molar-refractivity contribution is 0.626. The minimum absolute atomic E-state index is 0.0839. The van der Waals surface area contributed by atoms with Crippen molar-refractivity contribution in [3.05, 3.63) is 50.9 Å². The van der Waals surface area contributed by atoms with Crippen LogP contribution in [0.1, 0.15) is 23.5 Å². The van der Waals surface area contributed by atoms with Crippen molar-refractivity contribution in [1.29, 1.82) is 0 Å². The van der Waals surface area contributed by atoms with Gasteiger partial charge in [0.05, 0.1) is 9.04 Å². The average molecular weight is 360 g/mol. The molecule has 0 aliphatic carbocycles. The molecule has 2 aromatic rings. The van der Waals surface area contributed by atoms with Crippen molar-refractivity contribution >= 4 is 39.0 Å². The fraction of sp³-hybridized carbons (Fsp3) is 0.286. The molecule has 0 amide bonds. The van der Waals surface area contributed by atoms with Gasteiger partial charge in [0.2, 0.25) is 0 Å². The number of thioether (sulfide) groups is 1. The molecule has 1 aromatic carbocycles. The van der Waals surface area contributed by atoms with Gasteiger partial charge in [-0.05, 0) is 58.7 Å².